The molecule has 0 aliphatic carbocycles. The van der Waals surface area contributed by atoms with Gasteiger partial charge in [-0.3, -0.25) is 10.2 Å². The fraction of sp³-hybridized carbons (Fsp3) is 0.273. The fourth-order valence-corrected chi connectivity index (χ4v) is 4.29. The van der Waals surface area contributed by atoms with Crippen molar-refractivity contribution in [1.29, 1.82) is 0 Å². The molecule has 1 aromatic heterocycles. The van der Waals surface area contributed by atoms with E-state index >= 15 is 0 Å². The maximum absolute atomic E-state index is 12.8. The molecule has 1 N–H and O–H groups in total. The van der Waals surface area contributed by atoms with Gasteiger partial charge in [0, 0.05) is 18.6 Å². The minimum absolute atomic E-state index is 0.197. The molecule has 30 heavy (non-hydrogen) atoms. The molecule has 0 aliphatic rings. The largest absolute Gasteiger partial charge is 0.496 e. The highest BCUT2D eigenvalue weighted by Gasteiger charge is 2.19. The predicted octanol–water partition coefficient (Wildman–Crippen LogP) is 4.87. The number of carbonyl (C=O) groups is 1. The van der Waals surface area contributed by atoms with Crippen LogP contribution in [0.25, 0.3) is 10.6 Å². The lowest BCUT2D eigenvalue weighted by molar-refractivity contribution is 0.0823. The molecule has 1 amide bonds. The smallest absolute Gasteiger partial charge is 0.277 e. The van der Waals surface area contributed by atoms with E-state index in [2.05, 4.69) is 10.4 Å². The minimum Gasteiger partial charge on any atom is -0.496 e. The van der Waals surface area contributed by atoms with E-state index < -0.39 is 0 Å². The summed E-state index contributed by atoms with van der Waals surface area (Å²) >= 11 is 7.37. The van der Waals surface area contributed by atoms with Gasteiger partial charge in [0.25, 0.3) is 5.91 Å². The van der Waals surface area contributed by atoms with E-state index in [0.29, 0.717) is 32.9 Å². The Labute approximate surface area is 185 Å². The highest BCUT2D eigenvalue weighted by molar-refractivity contribution is 7.17. The number of ether oxygens (including phenoxy) is 2. The number of thiazole rings is 1. The topological polar surface area (TPSA) is 63.7 Å². The number of hydrogen-bond acceptors (Lipinski definition) is 6. The number of benzene rings is 2. The van der Waals surface area contributed by atoms with Crippen molar-refractivity contribution in [3.63, 3.8) is 0 Å². The number of methoxy groups -OCH3 is 2. The van der Waals surface area contributed by atoms with E-state index in [4.69, 9.17) is 21.1 Å². The number of carbonyl (C=O) groups excluding carboxylic acids is 1. The number of aromatic nitrogens is 1. The second-order valence-corrected chi connectivity index (χ2v) is 8.31. The maximum Gasteiger partial charge on any atom is 0.277 e. The van der Waals surface area contributed by atoms with Crippen molar-refractivity contribution in [2.45, 2.75) is 20.4 Å². The molecule has 0 spiro atoms. The van der Waals surface area contributed by atoms with E-state index in [-0.39, 0.29) is 5.91 Å². The average molecular weight is 446 g/mol. The van der Waals surface area contributed by atoms with Gasteiger partial charge in [0.05, 0.1) is 25.5 Å². The molecule has 0 fully saturated rings. The minimum atomic E-state index is -0.197. The summed E-state index contributed by atoms with van der Waals surface area (Å²) in [4.78, 5) is 18.0. The van der Waals surface area contributed by atoms with Crippen LogP contribution in [0.15, 0.2) is 36.4 Å². The zero-order valence-corrected chi connectivity index (χ0v) is 19.1. The number of rotatable bonds is 7. The van der Waals surface area contributed by atoms with Crippen LogP contribution in [0.2, 0.25) is 5.02 Å². The van der Waals surface area contributed by atoms with Crippen molar-refractivity contribution in [3.8, 4) is 22.1 Å². The summed E-state index contributed by atoms with van der Waals surface area (Å²) < 4.78 is 10.7. The number of hydrogen-bond donors (Lipinski definition) is 1. The highest BCUT2D eigenvalue weighted by atomic mass is 35.5. The van der Waals surface area contributed by atoms with Crippen molar-refractivity contribution < 1.29 is 14.3 Å². The monoisotopic (exact) mass is 445 g/mol. The predicted molar refractivity (Wildman–Crippen MR) is 121 cm³/mol. The molecule has 0 unspecified atom stereocenters. The van der Waals surface area contributed by atoms with Gasteiger partial charge in [-0.15, -0.1) is 11.3 Å². The van der Waals surface area contributed by atoms with Crippen molar-refractivity contribution in [1.82, 2.24) is 15.4 Å². The van der Waals surface area contributed by atoms with Crippen molar-refractivity contribution in [2.24, 2.45) is 0 Å². The molecule has 8 heteroatoms. The van der Waals surface area contributed by atoms with Gasteiger partial charge in [-0.1, -0.05) is 23.7 Å². The maximum atomic E-state index is 12.8. The standard InChI is InChI=1S/C22H24ClN3O3S/c1-13-10-15(6-9-18(13)28-4)12-26(3)25-21(27)20-14(2)24-22(30-20)17-8-7-16(23)11-19(17)29-5/h6-11H,12H2,1-5H3,(H,25,27). The molecule has 0 aliphatic heterocycles. The Morgan fingerprint density at radius 2 is 1.87 bits per heavy atom. The molecule has 3 rings (SSSR count). The van der Waals surface area contributed by atoms with Crippen LogP contribution >= 0.6 is 22.9 Å². The first-order chi connectivity index (χ1) is 14.3. The molecule has 158 valence electrons. The average Bonchev–Trinajstić information content (AvgIpc) is 3.09. The van der Waals surface area contributed by atoms with Gasteiger partial charge in [-0.2, -0.15) is 0 Å². The van der Waals surface area contributed by atoms with E-state index in [9.17, 15) is 4.79 Å². The first kappa shape index (κ1) is 22.1. The number of hydrazine groups is 1. The summed E-state index contributed by atoms with van der Waals surface area (Å²) in [6, 6.07) is 11.3. The van der Waals surface area contributed by atoms with Gasteiger partial charge in [-0.25, -0.2) is 9.99 Å². The van der Waals surface area contributed by atoms with Crippen LogP contribution < -0.4 is 14.9 Å². The first-order valence-electron chi connectivity index (χ1n) is 9.29. The van der Waals surface area contributed by atoms with Crippen molar-refractivity contribution in [3.05, 3.63) is 63.1 Å². The molecule has 6 nitrogen and oxygen atoms in total. The molecule has 0 radical (unpaired) electrons. The van der Waals surface area contributed by atoms with Crippen LogP contribution in [-0.4, -0.2) is 37.2 Å². The van der Waals surface area contributed by atoms with Crippen molar-refractivity contribution in [2.75, 3.05) is 21.3 Å². The van der Waals surface area contributed by atoms with Gasteiger partial charge in [0.15, 0.2) is 0 Å². The Kier molecular flexibility index (Phi) is 6.97. The molecule has 2 aromatic carbocycles. The summed E-state index contributed by atoms with van der Waals surface area (Å²) in [7, 11) is 5.07. The van der Waals surface area contributed by atoms with Gasteiger partial charge < -0.3 is 9.47 Å². The Morgan fingerprint density at radius 1 is 1.13 bits per heavy atom. The van der Waals surface area contributed by atoms with Crippen LogP contribution in [-0.2, 0) is 6.54 Å². The van der Waals surface area contributed by atoms with E-state index in [1.807, 2.05) is 45.2 Å². The number of amides is 1. The SMILES string of the molecule is COc1ccc(CN(C)NC(=O)c2sc(-c3ccc(Cl)cc3OC)nc2C)cc1C. The van der Waals surface area contributed by atoms with Gasteiger partial charge in [0.2, 0.25) is 0 Å². The normalized spacial score (nSPS) is 10.9. The lowest BCUT2D eigenvalue weighted by Gasteiger charge is -2.18. The molecular weight excluding hydrogens is 422 g/mol. The van der Waals surface area contributed by atoms with E-state index in [1.165, 1.54) is 11.3 Å². The third-order valence-electron chi connectivity index (χ3n) is 4.57. The summed E-state index contributed by atoms with van der Waals surface area (Å²) in [6.45, 7) is 4.38. The Balaban J connectivity index is 1.74. The summed E-state index contributed by atoms with van der Waals surface area (Å²) in [5.41, 5.74) is 6.51. The first-order valence-corrected chi connectivity index (χ1v) is 10.5. The fourth-order valence-electron chi connectivity index (χ4n) is 3.14. The number of nitrogens with one attached hydrogen (secondary N) is 1. The summed E-state index contributed by atoms with van der Waals surface area (Å²) in [5, 5.41) is 3.04. The second-order valence-electron chi connectivity index (χ2n) is 6.88. The third kappa shape index (κ3) is 4.92. The zero-order valence-electron chi connectivity index (χ0n) is 17.6. The molecule has 0 bridgehead atoms. The molecule has 0 saturated carbocycles. The second kappa shape index (κ2) is 9.47. The lowest BCUT2D eigenvalue weighted by Crippen LogP contribution is -2.38. The van der Waals surface area contributed by atoms with Gasteiger partial charge in [-0.05, 0) is 49.2 Å². The Hall–Kier alpha value is -2.61. The zero-order chi connectivity index (χ0) is 21.8. The van der Waals surface area contributed by atoms with E-state index in [0.717, 1.165) is 22.4 Å². The molecular formula is C22H24ClN3O3S. The Bertz CT molecular complexity index is 1070. The van der Waals surface area contributed by atoms with Crippen molar-refractivity contribution >= 4 is 28.8 Å². The third-order valence-corrected chi connectivity index (χ3v) is 5.99. The summed E-state index contributed by atoms with van der Waals surface area (Å²) in [5.74, 6) is 1.27. The molecule has 1 heterocycles. The van der Waals surface area contributed by atoms with Crippen LogP contribution in [0, 0.1) is 13.8 Å². The van der Waals surface area contributed by atoms with Gasteiger partial charge >= 0.3 is 0 Å². The highest BCUT2D eigenvalue weighted by Crippen LogP contribution is 2.36. The van der Waals surface area contributed by atoms with E-state index in [1.54, 1.807) is 31.4 Å². The van der Waals surface area contributed by atoms with Crippen LogP contribution in [0.3, 0.4) is 0 Å². The molecule has 0 saturated heterocycles. The number of nitrogens with zero attached hydrogens (tertiary/aromatic N) is 2. The molecule has 3 aromatic rings. The van der Waals surface area contributed by atoms with Crippen LogP contribution in [0.5, 0.6) is 11.5 Å². The number of aryl methyl sites for hydroxylation is 2. The lowest BCUT2D eigenvalue weighted by atomic mass is 10.1. The van der Waals surface area contributed by atoms with Crippen LogP contribution in [0.1, 0.15) is 26.5 Å². The van der Waals surface area contributed by atoms with Gasteiger partial charge in [0.1, 0.15) is 21.4 Å². The summed E-state index contributed by atoms with van der Waals surface area (Å²) in [6.07, 6.45) is 0. The van der Waals surface area contributed by atoms with Crippen LogP contribution in [0.4, 0.5) is 0 Å². The number of halogens is 1. The molecule has 0 atom stereocenters. The quantitative estimate of drug-likeness (QED) is 0.525. The Morgan fingerprint density at radius 3 is 2.53 bits per heavy atom.